The number of aryl methyl sites for hydroxylation is 1. The predicted octanol–water partition coefficient (Wildman–Crippen LogP) is 3.11. The van der Waals surface area contributed by atoms with Crippen molar-refractivity contribution in [3.63, 3.8) is 0 Å². The minimum absolute atomic E-state index is 0.118. The van der Waals surface area contributed by atoms with E-state index in [0.717, 1.165) is 31.6 Å². The lowest BCUT2D eigenvalue weighted by molar-refractivity contribution is -0.136. The van der Waals surface area contributed by atoms with Crippen LogP contribution in [-0.4, -0.2) is 46.7 Å². The number of rotatable bonds is 4. The van der Waals surface area contributed by atoms with Gasteiger partial charge in [0.1, 0.15) is 6.04 Å². The lowest BCUT2D eigenvalue weighted by Crippen LogP contribution is -2.52. The second kappa shape index (κ2) is 8.05. The maximum absolute atomic E-state index is 12.8. The zero-order valence-corrected chi connectivity index (χ0v) is 18.3. The molecular formula is C24H25N3O3S. The van der Waals surface area contributed by atoms with Gasteiger partial charge in [-0.05, 0) is 59.5 Å². The molecule has 3 aliphatic heterocycles. The van der Waals surface area contributed by atoms with Gasteiger partial charge in [-0.3, -0.25) is 24.6 Å². The molecule has 1 fully saturated rings. The lowest BCUT2D eigenvalue weighted by atomic mass is 10.0. The SMILES string of the molecule is Cc1ccsc1C1=CCN(Cc2ccc3c(c2)CN(C2CCC(=O)NC2=O)C3=O)CC1. The highest BCUT2D eigenvalue weighted by atomic mass is 32.1. The molecule has 7 heteroatoms. The Labute approximate surface area is 185 Å². The van der Waals surface area contributed by atoms with Crippen LogP contribution in [0.3, 0.4) is 0 Å². The number of fused-ring (bicyclic) bond motifs is 1. The average Bonchev–Trinajstić information content (AvgIpc) is 3.32. The van der Waals surface area contributed by atoms with E-state index in [2.05, 4.69) is 40.7 Å². The number of carbonyl (C=O) groups excluding carboxylic acids is 3. The molecule has 1 aromatic carbocycles. The van der Waals surface area contributed by atoms with Crippen LogP contribution in [0, 0.1) is 6.92 Å². The smallest absolute Gasteiger partial charge is 0.255 e. The van der Waals surface area contributed by atoms with Crippen molar-refractivity contribution in [2.75, 3.05) is 13.1 Å². The summed E-state index contributed by atoms with van der Waals surface area (Å²) in [4.78, 5) is 41.9. The number of amides is 3. The predicted molar refractivity (Wildman–Crippen MR) is 119 cm³/mol. The number of imide groups is 1. The summed E-state index contributed by atoms with van der Waals surface area (Å²) in [5.74, 6) is -0.747. The van der Waals surface area contributed by atoms with Gasteiger partial charge in [0.15, 0.2) is 0 Å². The summed E-state index contributed by atoms with van der Waals surface area (Å²) in [6.45, 7) is 5.37. The third-order valence-electron chi connectivity index (χ3n) is 6.44. The maximum atomic E-state index is 12.8. The van der Waals surface area contributed by atoms with Crippen LogP contribution in [-0.2, 0) is 22.7 Å². The summed E-state index contributed by atoms with van der Waals surface area (Å²) in [6, 6.07) is 7.62. The molecule has 0 spiro atoms. The Bertz CT molecular complexity index is 1100. The Morgan fingerprint density at radius 1 is 1.16 bits per heavy atom. The van der Waals surface area contributed by atoms with Crippen LogP contribution >= 0.6 is 11.3 Å². The second-order valence-corrected chi connectivity index (χ2v) is 9.45. The van der Waals surface area contributed by atoms with Crippen molar-refractivity contribution >= 4 is 34.6 Å². The molecule has 1 unspecified atom stereocenters. The van der Waals surface area contributed by atoms with Crippen LogP contribution in [0.4, 0.5) is 0 Å². The number of hydrogen-bond acceptors (Lipinski definition) is 5. The lowest BCUT2D eigenvalue weighted by Gasteiger charge is -2.29. The monoisotopic (exact) mass is 435 g/mol. The fourth-order valence-electron chi connectivity index (χ4n) is 4.75. The van der Waals surface area contributed by atoms with Crippen LogP contribution in [0.15, 0.2) is 35.7 Å². The molecule has 1 atom stereocenters. The first-order valence-electron chi connectivity index (χ1n) is 10.7. The van der Waals surface area contributed by atoms with E-state index in [-0.39, 0.29) is 24.1 Å². The highest BCUT2D eigenvalue weighted by molar-refractivity contribution is 7.11. The van der Waals surface area contributed by atoms with E-state index in [1.54, 1.807) is 4.90 Å². The quantitative estimate of drug-likeness (QED) is 0.750. The first kappa shape index (κ1) is 20.2. The van der Waals surface area contributed by atoms with Crippen molar-refractivity contribution in [2.45, 2.75) is 45.3 Å². The molecule has 6 nitrogen and oxygen atoms in total. The highest BCUT2D eigenvalue weighted by Crippen LogP contribution is 2.31. The molecule has 3 amide bonds. The van der Waals surface area contributed by atoms with E-state index < -0.39 is 6.04 Å². The number of nitrogens with zero attached hydrogens (tertiary/aromatic N) is 2. The molecule has 0 saturated carbocycles. The third-order valence-corrected chi connectivity index (χ3v) is 7.53. The fraction of sp³-hybridized carbons (Fsp3) is 0.375. The van der Waals surface area contributed by atoms with E-state index in [9.17, 15) is 14.4 Å². The van der Waals surface area contributed by atoms with Crippen molar-refractivity contribution in [2.24, 2.45) is 0 Å². The van der Waals surface area contributed by atoms with E-state index in [4.69, 9.17) is 0 Å². The first-order chi connectivity index (χ1) is 15.0. The van der Waals surface area contributed by atoms with Crippen LogP contribution in [0.5, 0.6) is 0 Å². The molecule has 1 aromatic heterocycles. The summed E-state index contributed by atoms with van der Waals surface area (Å²) in [5, 5.41) is 4.51. The van der Waals surface area contributed by atoms with Gasteiger partial charge in [-0.25, -0.2) is 0 Å². The molecule has 160 valence electrons. The molecule has 31 heavy (non-hydrogen) atoms. The van der Waals surface area contributed by atoms with Crippen LogP contribution < -0.4 is 5.32 Å². The van der Waals surface area contributed by atoms with Gasteiger partial charge in [-0.2, -0.15) is 0 Å². The summed E-state index contributed by atoms with van der Waals surface area (Å²) >= 11 is 1.82. The molecule has 5 rings (SSSR count). The number of piperidine rings is 1. The van der Waals surface area contributed by atoms with Crippen LogP contribution in [0.1, 0.15) is 51.2 Å². The summed E-state index contributed by atoms with van der Waals surface area (Å²) in [6.07, 6.45) is 4.05. The number of carbonyl (C=O) groups is 3. The summed E-state index contributed by atoms with van der Waals surface area (Å²) < 4.78 is 0. The van der Waals surface area contributed by atoms with Gasteiger partial charge in [0.25, 0.3) is 5.91 Å². The first-order valence-corrected chi connectivity index (χ1v) is 11.6. The van der Waals surface area contributed by atoms with E-state index in [0.29, 0.717) is 18.5 Å². The third kappa shape index (κ3) is 3.83. The van der Waals surface area contributed by atoms with Gasteiger partial charge in [0.05, 0.1) is 0 Å². The van der Waals surface area contributed by atoms with E-state index >= 15 is 0 Å². The summed E-state index contributed by atoms with van der Waals surface area (Å²) in [7, 11) is 0. The Balaban J connectivity index is 1.26. The number of hydrogen-bond donors (Lipinski definition) is 1. The molecule has 3 aliphatic rings. The second-order valence-electron chi connectivity index (χ2n) is 8.54. The molecule has 0 aliphatic carbocycles. The van der Waals surface area contributed by atoms with E-state index in [1.165, 1.54) is 21.6 Å². The van der Waals surface area contributed by atoms with Crippen LogP contribution in [0.25, 0.3) is 5.57 Å². The molecule has 4 heterocycles. The number of nitrogens with one attached hydrogen (secondary N) is 1. The summed E-state index contributed by atoms with van der Waals surface area (Å²) in [5.41, 5.74) is 5.62. The van der Waals surface area contributed by atoms with Crippen molar-refractivity contribution < 1.29 is 14.4 Å². The maximum Gasteiger partial charge on any atom is 0.255 e. The molecule has 2 aromatic rings. The fourth-order valence-corrected chi connectivity index (χ4v) is 5.75. The van der Waals surface area contributed by atoms with Gasteiger partial charge in [0, 0.05) is 43.0 Å². The van der Waals surface area contributed by atoms with Crippen molar-refractivity contribution in [1.82, 2.24) is 15.1 Å². The standard InChI is InChI=1S/C24H25N3O3S/c1-15-8-11-31-22(15)17-6-9-26(10-7-17)13-16-2-3-19-18(12-16)14-27(24(19)30)20-4-5-21(28)25-23(20)29/h2-3,6,8,11-12,20H,4-5,7,9-10,13-14H2,1H3,(H,25,28,29). The highest BCUT2D eigenvalue weighted by Gasteiger charge is 2.39. The Hall–Kier alpha value is -2.77. The van der Waals surface area contributed by atoms with Gasteiger partial charge in [-0.1, -0.05) is 18.2 Å². The minimum Gasteiger partial charge on any atom is -0.322 e. The Morgan fingerprint density at radius 3 is 2.74 bits per heavy atom. The van der Waals surface area contributed by atoms with Gasteiger partial charge in [-0.15, -0.1) is 11.3 Å². The zero-order chi connectivity index (χ0) is 21.5. The van der Waals surface area contributed by atoms with Gasteiger partial charge >= 0.3 is 0 Å². The minimum atomic E-state index is -0.563. The largest absolute Gasteiger partial charge is 0.322 e. The zero-order valence-electron chi connectivity index (χ0n) is 17.5. The van der Waals surface area contributed by atoms with Crippen molar-refractivity contribution in [3.05, 3.63) is 62.9 Å². The van der Waals surface area contributed by atoms with Crippen LogP contribution in [0.2, 0.25) is 0 Å². The van der Waals surface area contributed by atoms with Crippen molar-refractivity contribution in [1.29, 1.82) is 0 Å². The van der Waals surface area contributed by atoms with Gasteiger partial charge < -0.3 is 4.90 Å². The number of benzene rings is 1. The average molecular weight is 436 g/mol. The van der Waals surface area contributed by atoms with Gasteiger partial charge in [0.2, 0.25) is 11.8 Å². The number of thiophene rings is 1. The molecule has 0 radical (unpaired) electrons. The topological polar surface area (TPSA) is 69.7 Å². The molecular weight excluding hydrogens is 410 g/mol. The Morgan fingerprint density at radius 2 is 2.03 bits per heavy atom. The normalized spacial score (nSPS) is 21.8. The Kier molecular flexibility index (Phi) is 5.24. The molecule has 1 N–H and O–H groups in total. The van der Waals surface area contributed by atoms with E-state index in [1.807, 2.05) is 23.5 Å². The molecule has 1 saturated heterocycles. The van der Waals surface area contributed by atoms with Crippen molar-refractivity contribution in [3.8, 4) is 0 Å². The molecule has 0 bridgehead atoms.